The largest absolute Gasteiger partial charge is 0.470 e. The summed E-state index contributed by atoms with van der Waals surface area (Å²) < 4.78 is 20.8. The van der Waals surface area contributed by atoms with Crippen LogP contribution in [0.15, 0.2) is 12.3 Å². The summed E-state index contributed by atoms with van der Waals surface area (Å²) in [6, 6.07) is 0. The van der Waals surface area contributed by atoms with Gasteiger partial charge in [0.05, 0.1) is 12.4 Å². The van der Waals surface area contributed by atoms with E-state index >= 15 is 0 Å². The number of carbonyl (C=O) groups excluding carboxylic acids is 1. The van der Waals surface area contributed by atoms with Crippen molar-refractivity contribution in [3.05, 3.63) is 12.3 Å². The minimum absolute atomic E-state index is 0.0220. The van der Waals surface area contributed by atoms with E-state index in [2.05, 4.69) is 6.58 Å². The zero-order valence-electron chi connectivity index (χ0n) is 12.3. The minimum atomic E-state index is -0.126. The fourth-order valence-corrected chi connectivity index (χ4v) is 2.02. The van der Waals surface area contributed by atoms with Gasteiger partial charge in [-0.2, -0.15) is 0 Å². The first kappa shape index (κ1) is 17.1. The van der Waals surface area contributed by atoms with Gasteiger partial charge in [0.1, 0.15) is 12.9 Å². The molecular weight excluding hydrogens is 260 g/mol. The Labute approximate surface area is 121 Å². The van der Waals surface area contributed by atoms with Crippen molar-refractivity contribution < 1.29 is 23.7 Å². The monoisotopic (exact) mass is 286 g/mol. The van der Waals surface area contributed by atoms with E-state index in [1.807, 2.05) is 6.92 Å². The lowest BCUT2D eigenvalue weighted by Crippen LogP contribution is -2.22. The number of ether oxygens (including phenoxy) is 4. The maximum absolute atomic E-state index is 9.87. The topological polar surface area (TPSA) is 54.0 Å². The van der Waals surface area contributed by atoms with E-state index < -0.39 is 0 Å². The van der Waals surface area contributed by atoms with Crippen LogP contribution in [-0.2, 0) is 23.7 Å². The van der Waals surface area contributed by atoms with Crippen LogP contribution < -0.4 is 0 Å². The summed E-state index contributed by atoms with van der Waals surface area (Å²) >= 11 is 0. The predicted molar refractivity (Wildman–Crippen MR) is 75.1 cm³/mol. The number of rotatable bonds is 5. The Bertz CT molecular complexity index is 267. The van der Waals surface area contributed by atoms with Gasteiger partial charge in [-0.05, 0) is 39.0 Å². The summed E-state index contributed by atoms with van der Waals surface area (Å²) in [5.41, 5.74) is 0. The summed E-state index contributed by atoms with van der Waals surface area (Å²) in [7, 11) is 0. The number of hydrogen-bond acceptors (Lipinski definition) is 5. The van der Waals surface area contributed by atoms with Gasteiger partial charge in [-0.15, -0.1) is 0 Å². The maximum atomic E-state index is 9.87. The Hall–Kier alpha value is -0.910. The van der Waals surface area contributed by atoms with Gasteiger partial charge in [0, 0.05) is 13.0 Å². The summed E-state index contributed by atoms with van der Waals surface area (Å²) in [6.45, 7) is 7.25. The Morgan fingerprint density at radius 2 is 1.75 bits per heavy atom. The van der Waals surface area contributed by atoms with Crippen molar-refractivity contribution in [2.24, 2.45) is 0 Å². The molecule has 0 saturated carbocycles. The van der Waals surface area contributed by atoms with E-state index in [1.54, 1.807) is 0 Å². The zero-order valence-corrected chi connectivity index (χ0v) is 12.3. The number of hydrogen-bond donors (Lipinski definition) is 0. The molecule has 0 radical (unpaired) electrons. The van der Waals surface area contributed by atoms with E-state index in [0.29, 0.717) is 0 Å². The lowest BCUT2D eigenvalue weighted by Gasteiger charge is -2.23. The van der Waals surface area contributed by atoms with Crippen LogP contribution in [0.25, 0.3) is 0 Å². The Morgan fingerprint density at radius 1 is 1.15 bits per heavy atom. The molecular formula is C15H26O5. The highest BCUT2D eigenvalue weighted by Gasteiger charge is 2.14. The molecule has 2 fully saturated rings. The highest BCUT2D eigenvalue weighted by molar-refractivity contribution is 5.50. The third-order valence-electron chi connectivity index (χ3n) is 2.96. The second-order valence-corrected chi connectivity index (χ2v) is 4.91. The predicted octanol–water partition coefficient (Wildman–Crippen LogP) is 2.79. The van der Waals surface area contributed by atoms with E-state index in [9.17, 15) is 4.79 Å². The highest BCUT2D eigenvalue weighted by Crippen LogP contribution is 2.15. The quantitative estimate of drug-likeness (QED) is 0.574. The fourth-order valence-electron chi connectivity index (χ4n) is 2.02. The molecule has 2 atom stereocenters. The molecule has 2 aliphatic heterocycles. The number of carbonyl (C=O) groups is 1. The molecule has 0 N–H and O–H groups in total. The SMILES string of the molecule is C=C(C)OC1CCCCO1.O=CCOC1CCCCO1. The van der Waals surface area contributed by atoms with Crippen LogP contribution in [0.3, 0.4) is 0 Å². The van der Waals surface area contributed by atoms with Crippen molar-refractivity contribution in [3.63, 3.8) is 0 Å². The van der Waals surface area contributed by atoms with Gasteiger partial charge in [0.25, 0.3) is 0 Å². The molecule has 2 rings (SSSR count). The van der Waals surface area contributed by atoms with Crippen molar-refractivity contribution in [1.82, 2.24) is 0 Å². The molecule has 116 valence electrons. The van der Waals surface area contributed by atoms with Gasteiger partial charge in [0.2, 0.25) is 0 Å². The first-order valence-electron chi connectivity index (χ1n) is 7.33. The van der Waals surface area contributed by atoms with Crippen molar-refractivity contribution >= 4 is 6.29 Å². The molecule has 0 bridgehead atoms. The van der Waals surface area contributed by atoms with Crippen LogP contribution in [0.1, 0.15) is 45.4 Å². The Kier molecular flexibility index (Phi) is 9.28. The number of allylic oxidation sites excluding steroid dienone is 1. The second kappa shape index (κ2) is 10.8. The molecule has 5 nitrogen and oxygen atoms in total. The van der Waals surface area contributed by atoms with Crippen molar-refractivity contribution in [1.29, 1.82) is 0 Å². The molecule has 2 heterocycles. The third kappa shape index (κ3) is 8.30. The van der Waals surface area contributed by atoms with E-state index in [4.69, 9.17) is 18.9 Å². The lowest BCUT2D eigenvalue weighted by atomic mass is 10.2. The van der Waals surface area contributed by atoms with Gasteiger partial charge in [-0.3, -0.25) is 0 Å². The van der Waals surface area contributed by atoms with Crippen molar-refractivity contribution in [2.75, 3.05) is 19.8 Å². The molecule has 2 aliphatic rings. The van der Waals surface area contributed by atoms with Crippen LogP contribution >= 0.6 is 0 Å². The molecule has 0 aromatic rings. The van der Waals surface area contributed by atoms with Gasteiger partial charge in [-0.25, -0.2) is 0 Å². The molecule has 0 spiro atoms. The zero-order chi connectivity index (χ0) is 14.6. The lowest BCUT2D eigenvalue weighted by molar-refractivity contribution is -0.164. The number of aldehydes is 1. The smallest absolute Gasteiger partial charge is 0.199 e. The second-order valence-electron chi connectivity index (χ2n) is 4.91. The maximum Gasteiger partial charge on any atom is 0.199 e. The summed E-state index contributed by atoms with van der Waals surface area (Å²) in [5.74, 6) is 0.743. The summed E-state index contributed by atoms with van der Waals surface area (Å²) in [6.07, 6.45) is 7.15. The molecule has 2 saturated heterocycles. The molecule has 0 amide bonds. The van der Waals surface area contributed by atoms with Gasteiger partial charge >= 0.3 is 0 Å². The fraction of sp³-hybridized carbons (Fsp3) is 0.800. The van der Waals surface area contributed by atoms with E-state index in [0.717, 1.165) is 57.4 Å². The Morgan fingerprint density at radius 3 is 2.20 bits per heavy atom. The van der Waals surface area contributed by atoms with Gasteiger partial charge in [0.15, 0.2) is 12.6 Å². The third-order valence-corrected chi connectivity index (χ3v) is 2.96. The van der Waals surface area contributed by atoms with Crippen LogP contribution in [0.4, 0.5) is 0 Å². The van der Waals surface area contributed by atoms with Crippen LogP contribution in [0.5, 0.6) is 0 Å². The normalized spacial score (nSPS) is 26.1. The summed E-state index contributed by atoms with van der Waals surface area (Å²) in [4.78, 5) is 9.87. The average molecular weight is 286 g/mol. The molecule has 0 aromatic heterocycles. The highest BCUT2D eigenvalue weighted by atomic mass is 16.7. The van der Waals surface area contributed by atoms with E-state index in [-0.39, 0.29) is 19.2 Å². The van der Waals surface area contributed by atoms with Crippen LogP contribution in [0, 0.1) is 0 Å². The average Bonchev–Trinajstić information content (AvgIpc) is 2.47. The first-order valence-corrected chi connectivity index (χ1v) is 7.33. The van der Waals surface area contributed by atoms with Crippen molar-refractivity contribution in [3.8, 4) is 0 Å². The standard InChI is InChI=1S/C8H14O2.C7H12O3/c1-7(2)10-8-5-3-4-6-9-8;8-4-6-10-7-3-1-2-5-9-7/h8H,1,3-6H2,2H3;4,7H,1-3,5-6H2. The van der Waals surface area contributed by atoms with Crippen LogP contribution in [-0.4, -0.2) is 38.7 Å². The molecule has 2 unspecified atom stereocenters. The van der Waals surface area contributed by atoms with Crippen molar-refractivity contribution in [2.45, 2.75) is 58.0 Å². The van der Waals surface area contributed by atoms with Gasteiger partial charge < -0.3 is 23.7 Å². The molecule has 5 heteroatoms. The Balaban J connectivity index is 0.000000200. The summed E-state index contributed by atoms with van der Waals surface area (Å²) in [5, 5.41) is 0. The van der Waals surface area contributed by atoms with E-state index in [1.165, 1.54) is 6.42 Å². The van der Waals surface area contributed by atoms with Crippen LogP contribution in [0.2, 0.25) is 0 Å². The first-order chi connectivity index (χ1) is 9.72. The van der Waals surface area contributed by atoms with Gasteiger partial charge in [-0.1, -0.05) is 6.58 Å². The molecule has 0 aliphatic carbocycles. The molecule has 0 aromatic carbocycles. The minimum Gasteiger partial charge on any atom is -0.470 e. The molecule has 20 heavy (non-hydrogen) atoms.